The van der Waals surface area contributed by atoms with Crippen molar-refractivity contribution in [2.75, 3.05) is 31.1 Å². The van der Waals surface area contributed by atoms with E-state index in [1.807, 2.05) is 6.07 Å². The number of anilines is 1. The van der Waals surface area contributed by atoms with Gasteiger partial charge in [-0.1, -0.05) is 30.3 Å². The molecule has 1 aliphatic rings. The molecule has 7 nitrogen and oxygen atoms in total. The van der Waals surface area contributed by atoms with Crippen LogP contribution in [0.25, 0.3) is 0 Å². The molecule has 0 bridgehead atoms. The number of piperidine rings is 1. The van der Waals surface area contributed by atoms with Crippen LogP contribution in [0.5, 0.6) is 0 Å². The Labute approximate surface area is 171 Å². The molecule has 0 spiro atoms. The van der Waals surface area contributed by atoms with Gasteiger partial charge in [0.15, 0.2) is 11.5 Å². The van der Waals surface area contributed by atoms with Crippen LogP contribution in [0.3, 0.4) is 0 Å². The van der Waals surface area contributed by atoms with Gasteiger partial charge in [0.1, 0.15) is 0 Å². The van der Waals surface area contributed by atoms with Gasteiger partial charge in [-0.05, 0) is 50.8 Å². The average Bonchev–Trinajstić information content (AvgIpc) is 2.76. The Kier molecular flexibility index (Phi) is 7.69. The Morgan fingerprint density at radius 2 is 1.93 bits per heavy atom. The zero-order valence-electron chi connectivity index (χ0n) is 16.9. The summed E-state index contributed by atoms with van der Waals surface area (Å²) in [4.78, 5) is 36.0. The van der Waals surface area contributed by atoms with E-state index in [1.54, 1.807) is 6.92 Å². The summed E-state index contributed by atoms with van der Waals surface area (Å²) in [5, 5.41) is 0. The standard InChI is InChI=1S/C22H28N4O3/c1-2-29-22(28)20-21(24-12-11-23-20)26(17-27)15-10-18-8-13-25(14-9-18)16-19-6-4-3-5-7-19/h3-7,11-12,17-18H,2,8-10,13-16H2,1H3. The highest BCUT2D eigenvalue weighted by molar-refractivity contribution is 5.95. The maximum Gasteiger partial charge on any atom is 0.360 e. The lowest BCUT2D eigenvalue weighted by Gasteiger charge is -2.32. The van der Waals surface area contributed by atoms with Gasteiger partial charge in [-0.2, -0.15) is 0 Å². The second kappa shape index (κ2) is 10.7. The lowest BCUT2D eigenvalue weighted by atomic mass is 9.93. The molecule has 0 N–H and O–H groups in total. The molecular weight excluding hydrogens is 368 g/mol. The maximum absolute atomic E-state index is 12.1. The van der Waals surface area contributed by atoms with Crippen LogP contribution in [-0.4, -0.2) is 53.5 Å². The average molecular weight is 396 g/mol. The molecule has 1 saturated heterocycles. The Morgan fingerprint density at radius 3 is 2.62 bits per heavy atom. The van der Waals surface area contributed by atoms with Crippen molar-refractivity contribution in [2.45, 2.75) is 32.7 Å². The van der Waals surface area contributed by atoms with Crippen LogP contribution >= 0.6 is 0 Å². The Bertz CT molecular complexity index is 792. The highest BCUT2D eigenvalue weighted by Gasteiger charge is 2.23. The Morgan fingerprint density at radius 1 is 1.21 bits per heavy atom. The van der Waals surface area contributed by atoms with Crippen molar-refractivity contribution in [2.24, 2.45) is 5.92 Å². The first kappa shape index (κ1) is 20.9. The lowest BCUT2D eigenvalue weighted by molar-refractivity contribution is -0.107. The van der Waals surface area contributed by atoms with E-state index in [0.717, 1.165) is 45.3 Å². The monoisotopic (exact) mass is 396 g/mol. The second-order valence-electron chi connectivity index (χ2n) is 7.24. The van der Waals surface area contributed by atoms with E-state index >= 15 is 0 Å². The third-order valence-electron chi connectivity index (χ3n) is 5.28. The minimum absolute atomic E-state index is 0.0825. The summed E-state index contributed by atoms with van der Waals surface area (Å²) in [6, 6.07) is 10.5. The highest BCUT2D eigenvalue weighted by atomic mass is 16.5. The van der Waals surface area contributed by atoms with E-state index in [9.17, 15) is 9.59 Å². The number of aromatic nitrogens is 2. The summed E-state index contributed by atoms with van der Waals surface area (Å²) in [7, 11) is 0. The predicted molar refractivity (Wildman–Crippen MR) is 110 cm³/mol. The van der Waals surface area contributed by atoms with Crippen LogP contribution in [0, 0.1) is 5.92 Å². The fourth-order valence-electron chi connectivity index (χ4n) is 3.69. The van der Waals surface area contributed by atoms with Gasteiger partial charge in [0.2, 0.25) is 6.41 Å². The summed E-state index contributed by atoms with van der Waals surface area (Å²) in [5.74, 6) is 0.256. The van der Waals surface area contributed by atoms with Gasteiger partial charge in [0, 0.05) is 25.5 Å². The molecule has 2 aromatic rings. The number of esters is 1. The number of amides is 1. The van der Waals surface area contributed by atoms with Gasteiger partial charge >= 0.3 is 5.97 Å². The Hall–Kier alpha value is -2.80. The molecule has 7 heteroatoms. The molecule has 0 aliphatic carbocycles. The molecule has 0 saturated carbocycles. The molecule has 2 heterocycles. The maximum atomic E-state index is 12.1. The molecular formula is C22H28N4O3. The number of hydrogen-bond acceptors (Lipinski definition) is 6. The summed E-state index contributed by atoms with van der Waals surface area (Å²) >= 11 is 0. The molecule has 0 radical (unpaired) electrons. The molecule has 3 rings (SSSR count). The molecule has 154 valence electrons. The van der Waals surface area contributed by atoms with Crippen molar-refractivity contribution in [3.05, 3.63) is 54.0 Å². The zero-order valence-corrected chi connectivity index (χ0v) is 16.9. The lowest BCUT2D eigenvalue weighted by Crippen LogP contribution is -2.35. The van der Waals surface area contributed by atoms with E-state index in [1.165, 1.54) is 22.9 Å². The molecule has 1 fully saturated rings. The molecule has 29 heavy (non-hydrogen) atoms. The van der Waals surface area contributed by atoms with Crippen molar-refractivity contribution in [3.8, 4) is 0 Å². The van der Waals surface area contributed by atoms with Crippen LogP contribution < -0.4 is 4.90 Å². The van der Waals surface area contributed by atoms with E-state index in [0.29, 0.717) is 12.5 Å². The highest BCUT2D eigenvalue weighted by Crippen LogP contribution is 2.23. The SMILES string of the molecule is CCOC(=O)c1nccnc1N(C=O)CCC1CCN(Cc2ccccc2)CC1. The zero-order chi connectivity index (χ0) is 20.5. The third kappa shape index (κ3) is 5.84. The minimum atomic E-state index is -0.559. The number of benzene rings is 1. The van der Waals surface area contributed by atoms with Crippen molar-refractivity contribution in [3.63, 3.8) is 0 Å². The number of hydrogen-bond donors (Lipinski definition) is 0. The largest absolute Gasteiger partial charge is 0.461 e. The van der Waals surface area contributed by atoms with Crippen LogP contribution in [0.15, 0.2) is 42.7 Å². The summed E-state index contributed by atoms with van der Waals surface area (Å²) < 4.78 is 5.03. The summed E-state index contributed by atoms with van der Waals surface area (Å²) in [6.45, 7) is 5.58. The van der Waals surface area contributed by atoms with Crippen LogP contribution in [0.1, 0.15) is 42.2 Å². The van der Waals surface area contributed by atoms with Crippen molar-refractivity contribution < 1.29 is 14.3 Å². The van der Waals surface area contributed by atoms with Crippen molar-refractivity contribution in [1.82, 2.24) is 14.9 Å². The first-order valence-electron chi connectivity index (χ1n) is 10.2. The smallest absolute Gasteiger partial charge is 0.360 e. The number of nitrogens with zero attached hydrogens (tertiary/aromatic N) is 4. The molecule has 0 atom stereocenters. The van der Waals surface area contributed by atoms with E-state index in [-0.39, 0.29) is 18.1 Å². The summed E-state index contributed by atoms with van der Waals surface area (Å²) in [6.07, 6.45) is 6.71. The van der Waals surface area contributed by atoms with Gasteiger partial charge in [-0.15, -0.1) is 0 Å². The fourth-order valence-corrected chi connectivity index (χ4v) is 3.69. The molecule has 1 amide bonds. The predicted octanol–water partition coefficient (Wildman–Crippen LogP) is 2.92. The van der Waals surface area contributed by atoms with Crippen LogP contribution in [0.4, 0.5) is 5.82 Å². The van der Waals surface area contributed by atoms with Crippen LogP contribution in [-0.2, 0) is 16.1 Å². The van der Waals surface area contributed by atoms with Gasteiger partial charge in [-0.3, -0.25) is 14.6 Å². The quantitative estimate of drug-likeness (QED) is 0.479. The van der Waals surface area contributed by atoms with E-state index in [2.05, 4.69) is 39.1 Å². The molecule has 1 aliphatic heterocycles. The molecule has 1 aromatic heterocycles. The first-order valence-corrected chi connectivity index (χ1v) is 10.2. The summed E-state index contributed by atoms with van der Waals surface area (Å²) in [5.41, 5.74) is 1.42. The first-order chi connectivity index (χ1) is 14.2. The Balaban J connectivity index is 1.52. The normalized spacial score (nSPS) is 15.1. The van der Waals surface area contributed by atoms with Gasteiger partial charge in [0.25, 0.3) is 0 Å². The van der Waals surface area contributed by atoms with Crippen molar-refractivity contribution >= 4 is 18.2 Å². The molecule has 0 unspecified atom stereocenters. The van der Waals surface area contributed by atoms with Crippen LogP contribution in [0.2, 0.25) is 0 Å². The topological polar surface area (TPSA) is 75.6 Å². The number of rotatable bonds is 9. The number of carbonyl (C=O) groups is 2. The number of likely N-dealkylation sites (tertiary alicyclic amines) is 1. The van der Waals surface area contributed by atoms with E-state index in [4.69, 9.17) is 4.74 Å². The van der Waals surface area contributed by atoms with Gasteiger partial charge < -0.3 is 4.74 Å². The van der Waals surface area contributed by atoms with E-state index < -0.39 is 5.97 Å². The fraction of sp³-hybridized carbons (Fsp3) is 0.455. The van der Waals surface area contributed by atoms with Crippen molar-refractivity contribution in [1.29, 1.82) is 0 Å². The number of carbonyl (C=O) groups excluding carboxylic acids is 2. The van der Waals surface area contributed by atoms with Gasteiger partial charge in [-0.25, -0.2) is 14.8 Å². The third-order valence-corrected chi connectivity index (χ3v) is 5.28. The van der Waals surface area contributed by atoms with Gasteiger partial charge in [0.05, 0.1) is 6.61 Å². The number of ether oxygens (including phenoxy) is 1. The second-order valence-corrected chi connectivity index (χ2v) is 7.24. The minimum Gasteiger partial charge on any atom is -0.461 e. The molecule has 1 aromatic carbocycles.